The van der Waals surface area contributed by atoms with Gasteiger partial charge in [0.2, 0.25) is 0 Å². The van der Waals surface area contributed by atoms with Crippen molar-refractivity contribution in [3.05, 3.63) is 116 Å². The second kappa shape index (κ2) is 8.40. The van der Waals surface area contributed by atoms with Crippen LogP contribution in [0.25, 0.3) is 0 Å². The normalized spacial score (nSPS) is 21.1. The maximum atomic E-state index is 10.9. The molecule has 3 aromatic rings. The summed E-state index contributed by atoms with van der Waals surface area (Å²) in [5.41, 5.74) is 2.45. The quantitative estimate of drug-likeness (QED) is 0.414. The molecule has 0 aliphatic carbocycles. The van der Waals surface area contributed by atoms with Gasteiger partial charge in [0, 0.05) is 36.2 Å². The van der Waals surface area contributed by atoms with E-state index in [1.54, 1.807) is 24.3 Å². The van der Waals surface area contributed by atoms with Crippen molar-refractivity contribution >= 4 is 11.4 Å². The lowest BCUT2D eigenvalue weighted by Gasteiger charge is -2.36. The van der Waals surface area contributed by atoms with Gasteiger partial charge in [0.05, 0.1) is 22.1 Å². The summed E-state index contributed by atoms with van der Waals surface area (Å²) in [6, 6.07) is 22.0. The van der Waals surface area contributed by atoms with Gasteiger partial charge in [0.1, 0.15) is 0 Å². The summed E-state index contributed by atoms with van der Waals surface area (Å²) in [6.07, 6.45) is -0.819. The van der Waals surface area contributed by atoms with Gasteiger partial charge in [0.15, 0.2) is 6.29 Å². The van der Waals surface area contributed by atoms with Crippen LogP contribution in [0.2, 0.25) is 0 Å². The monoisotopic (exact) mass is 406 g/mol. The Hall–Kier alpha value is -3.62. The Morgan fingerprint density at radius 1 is 0.633 bits per heavy atom. The highest BCUT2D eigenvalue weighted by Gasteiger charge is 2.33. The first kappa shape index (κ1) is 19.7. The van der Waals surface area contributed by atoms with E-state index < -0.39 is 16.1 Å². The highest BCUT2D eigenvalue weighted by Crippen LogP contribution is 2.44. The van der Waals surface area contributed by atoms with Crippen LogP contribution in [0.3, 0.4) is 0 Å². The average Bonchev–Trinajstić information content (AvgIpc) is 2.79. The molecule has 0 spiro atoms. The summed E-state index contributed by atoms with van der Waals surface area (Å²) in [4.78, 5) is 21.0. The Balaban J connectivity index is 1.64. The Kier molecular flexibility index (Phi) is 5.51. The maximum Gasteiger partial charge on any atom is 0.269 e. The number of non-ortho nitro benzene ring substituents is 2. The molecule has 0 aromatic heterocycles. The Morgan fingerprint density at radius 3 is 1.53 bits per heavy atom. The number of nitro groups is 2. The maximum absolute atomic E-state index is 10.9. The van der Waals surface area contributed by atoms with Crippen molar-refractivity contribution in [2.24, 2.45) is 0 Å². The third-order valence-electron chi connectivity index (χ3n) is 5.03. The van der Waals surface area contributed by atoms with Crippen molar-refractivity contribution in [2.75, 3.05) is 0 Å². The summed E-state index contributed by atoms with van der Waals surface area (Å²) < 4.78 is 12.3. The summed E-state index contributed by atoms with van der Waals surface area (Å²) >= 11 is 0. The highest BCUT2D eigenvalue weighted by atomic mass is 16.7. The molecule has 3 aromatic carbocycles. The molecule has 1 saturated heterocycles. The van der Waals surface area contributed by atoms with Crippen LogP contribution in [-0.2, 0) is 9.47 Å². The van der Waals surface area contributed by atoms with Gasteiger partial charge < -0.3 is 9.47 Å². The number of rotatable bonds is 5. The largest absolute Gasteiger partial charge is 0.340 e. The molecule has 0 bridgehead atoms. The van der Waals surface area contributed by atoms with E-state index in [2.05, 4.69) is 0 Å². The lowest BCUT2D eigenvalue weighted by Crippen LogP contribution is -2.24. The Bertz CT molecular complexity index is 972. The number of hydrogen-bond acceptors (Lipinski definition) is 6. The van der Waals surface area contributed by atoms with Crippen LogP contribution >= 0.6 is 0 Å². The number of nitro benzene ring substituents is 2. The minimum absolute atomic E-state index is 0.0114. The second-order valence-corrected chi connectivity index (χ2v) is 6.93. The van der Waals surface area contributed by atoms with Gasteiger partial charge in [-0.25, -0.2) is 0 Å². The standard InChI is InChI=1S/C22H18N2O6/c25-23(26)18-10-6-16(7-11-18)21-14-20(15-4-2-1-3-5-15)29-22(30-21)17-8-12-19(13-9-17)24(27)28/h1-13,20-22H,14H2/t20-,21-,22+/m0/s1. The van der Waals surface area contributed by atoms with Crippen LogP contribution in [-0.4, -0.2) is 9.85 Å². The van der Waals surface area contributed by atoms with E-state index in [1.165, 1.54) is 24.3 Å². The van der Waals surface area contributed by atoms with E-state index >= 15 is 0 Å². The zero-order valence-electron chi connectivity index (χ0n) is 15.8. The first-order valence-electron chi connectivity index (χ1n) is 9.36. The summed E-state index contributed by atoms with van der Waals surface area (Å²) in [7, 11) is 0. The van der Waals surface area contributed by atoms with Gasteiger partial charge >= 0.3 is 0 Å². The predicted octanol–water partition coefficient (Wildman–Crippen LogP) is 5.42. The van der Waals surface area contributed by atoms with E-state index in [9.17, 15) is 20.2 Å². The SMILES string of the molecule is O=[N+]([O-])c1ccc([C@@H]2O[C@H](c3ccccc3)C[C@@H](c3ccc([N+](=O)[O-])cc3)O2)cc1. The van der Waals surface area contributed by atoms with Gasteiger partial charge in [-0.1, -0.05) is 30.3 Å². The Labute approximate surface area is 172 Å². The van der Waals surface area contributed by atoms with Crippen LogP contribution in [0.1, 0.15) is 41.6 Å². The van der Waals surface area contributed by atoms with E-state index in [0.29, 0.717) is 12.0 Å². The number of benzene rings is 3. The van der Waals surface area contributed by atoms with Crippen LogP contribution in [0.5, 0.6) is 0 Å². The second-order valence-electron chi connectivity index (χ2n) is 6.93. The molecular formula is C22H18N2O6. The molecule has 3 atom stereocenters. The van der Waals surface area contributed by atoms with Crippen LogP contribution < -0.4 is 0 Å². The van der Waals surface area contributed by atoms with Gasteiger partial charge in [-0.2, -0.15) is 0 Å². The molecule has 8 heteroatoms. The predicted molar refractivity (Wildman–Crippen MR) is 108 cm³/mol. The average molecular weight is 406 g/mol. The topological polar surface area (TPSA) is 105 Å². The highest BCUT2D eigenvalue weighted by molar-refractivity contribution is 5.35. The number of nitrogens with zero attached hydrogens (tertiary/aromatic N) is 2. The third kappa shape index (κ3) is 4.19. The smallest absolute Gasteiger partial charge is 0.269 e. The fraction of sp³-hybridized carbons (Fsp3) is 0.182. The molecule has 1 heterocycles. The minimum atomic E-state index is -0.732. The molecule has 152 valence electrons. The van der Waals surface area contributed by atoms with Crippen molar-refractivity contribution < 1.29 is 19.3 Å². The first-order chi connectivity index (χ1) is 14.5. The summed E-state index contributed by atoms with van der Waals surface area (Å²) in [5, 5.41) is 21.9. The minimum Gasteiger partial charge on any atom is -0.340 e. The van der Waals surface area contributed by atoms with Gasteiger partial charge in [-0.15, -0.1) is 0 Å². The molecule has 0 amide bonds. The van der Waals surface area contributed by atoms with Crippen molar-refractivity contribution in [3.8, 4) is 0 Å². The fourth-order valence-electron chi connectivity index (χ4n) is 3.45. The van der Waals surface area contributed by atoms with Crippen molar-refractivity contribution in [2.45, 2.75) is 24.9 Å². The molecule has 0 radical (unpaired) electrons. The van der Waals surface area contributed by atoms with Gasteiger partial charge in [-0.05, 0) is 35.4 Å². The van der Waals surface area contributed by atoms with Gasteiger partial charge in [0.25, 0.3) is 11.4 Å². The molecule has 8 nitrogen and oxygen atoms in total. The lowest BCUT2D eigenvalue weighted by molar-refractivity contribution is -0.385. The molecule has 1 aliphatic heterocycles. The van der Waals surface area contributed by atoms with Gasteiger partial charge in [-0.3, -0.25) is 20.2 Å². The third-order valence-corrected chi connectivity index (χ3v) is 5.03. The summed E-state index contributed by atoms with van der Waals surface area (Å²) in [5.74, 6) is 0. The van der Waals surface area contributed by atoms with Crippen LogP contribution in [0.15, 0.2) is 78.9 Å². The zero-order chi connectivity index (χ0) is 21.1. The lowest BCUT2D eigenvalue weighted by atomic mass is 9.96. The van der Waals surface area contributed by atoms with E-state index in [1.807, 2.05) is 30.3 Å². The molecule has 4 rings (SSSR count). The van der Waals surface area contributed by atoms with Crippen molar-refractivity contribution in [1.82, 2.24) is 0 Å². The number of ether oxygens (including phenoxy) is 2. The molecule has 30 heavy (non-hydrogen) atoms. The molecule has 0 N–H and O–H groups in total. The molecule has 0 unspecified atom stereocenters. The molecule has 0 saturated carbocycles. The van der Waals surface area contributed by atoms with Crippen LogP contribution in [0.4, 0.5) is 11.4 Å². The number of hydrogen-bond donors (Lipinski definition) is 0. The first-order valence-corrected chi connectivity index (χ1v) is 9.36. The summed E-state index contributed by atoms with van der Waals surface area (Å²) in [6.45, 7) is 0. The van der Waals surface area contributed by atoms with Crippen LogP contribution in [0, 0.1) is 20.2 Å². The van der Waals surface area contributed by atoms with E-state index in [4.69, 9.17) is 9.47 Å². The Morgan fingerprint density at radius 2 is 1.07 bits per heavy atom. The molecular weight excluding hydrogens is 388 g/mol. The van der Waals surface area contributed by atoms with Crippen molar-refractivity contribution in [1.29, 1.82) is 0 Å². The van der Waals surface area contributed by atoms with Crippen molar-refractivity contribution in [3.63, 3.8) is 0 Å². The van der Waals surface area contributed by atoms with E-state index in [-0.39, 0.29) is 23.6 Å². The molecule has 1 aliphatic rings. The zero-order valence-corrected chi connectivity index (χ0v) is 15.8. The fourth-order valence-corrected chi connectivity index (χ4v) is 3.45. The van der Waals surface area contributed by atoms with E-state index in [0.717, 1.165) is 11.1 Å². The molecule has 1 fully saturated rings.